The summed E-state index contributed by atoms with van der Waals surface area (Å²) in [6, 6.07) is 15.5. The average molecular weight is 334 g/mol. The molecular formula is C19H14N2O4. The summed E-state index contributed by atoms with van der Waals surface area (Å²) in [5.74, 6) is -1.56. The first-order valence-electron chi connectivity index (χ1n) is 7.66. The lowest BCUT2D eigenvalue weighted by Gasteiger charge is -2.25. The number of carbonyl (C=O) groups excluding carboxylic acids is 3. The van der Waals surface area contributed by atoms with E-state index in [0.717, 1.165) is 4.90 Å². The summed E-state index contributed by atoms with van der Waals surface area (Å²) in [6.45, 7) is -0.403. The molecule has 6 nitrogen and oxygen atoms in total. The van der Waals surface area contributed by atoms with Crippen LogP contribution in [-0.2, 0) is 27.4 Å². The molecule has 2 aromatic carbocycles. The highest BCUT2D eigenvalue weighted by Crippen LogP contribution is 2.19. The van der Waals surface area contributed by atoms with E-state index in [9.17, 15) is 14.4 Å². The molecule has 0 bridgehead atoms. The number of imide groups is 1. The maximum absolute atomic E-state index is 12.4. The molecular weight excluding hydrogens is 320 g/mol. The lowest BCUT2D eigenvalue weighted by atomic mass is 9.98. The van der Waals surface area contributed by atoms with E-state index in [1.165, 1.54) is 0 Å². The van der Waals surface area contributed by atoms with E-state index in [0.29, 0.717) is 22.3 Å². The van der Waals surface area contributed by atoms with Gasteiger partial charge in [-0.15, -0.1) is 0 Å². The summed E-state index contributed by atoms with van der Waals surface area (Å²) >= 11 is 0. The molecule has 1 aliphatic heterocycles. The highest BCUT2D eigenvalue weighted by molar-refractivity contribution is 6.11. The number of nitrogens with zero attached hydrogens (tertiary/aromatic N) is 2. The molecule has 1 heterocycles. The van der Waals surface area contributed by atoms with Crippen molar-refractivity contribution in [3.05, 3.63) is 70.8 Å². The largest absolute Gasteiger partial charge is 0.459 e. The van der Waals surface area contributed by atoms with Crippen molar-refractivity contribution in [2.24, 2.45) is 0 Å². The van der Waals surface area contributed by atoms with Crippen LogP contribution < -0.4 is 0 Å². The average Bonchev–Trinajstić information content (AvgIpc) is 2.64. The second-order valence-electron chi connectivity index (χ2n) is 5.59. The molecule has 3 rings (SSSR count). The molecule has 2 amide bonds. The first kappa shape index (κ1) is 16.4. The normalized spacial score (nSPS) is 13.2. The monoisotopic (exact) mass is 334 g/mol. The molecule has 0 atom stereocenters. The van der Waals surface area contributed by atoms with Crippen molar-refractivity contribution in [1.82, 2.24) is 4.90 Å². The summed E-state index contributed by atoms with van der Waals surface area (Å²) in [6.07, 6.45) is 0.0881. The van der Waals surface area contributed by atoms with Crippen LogP contribution in [0.5, 0.6) is 0 Å². The van der Waals surface area contributed by atoms with Crippen LogP contribution >= 0.6 is 0 Å². The van der Waals surface area contributed by atoms with E-state index in [4.69, 9.17) is 10.00 Å². The Morgan fingerprint density at radius 2 is 1.84 bits per heavy atom. The van der Waals surface area contributed by atoms with Crippen LogP contribution in [-0.4, -0.2) is 29.2 Å². The molecule has 2 aromatic rings. The summed E-state index contributed by atoms with van der Waals surface area (Å²) in [5.41, 5.74) is 2.33. The van der Waals surface area contributed by atoms with Gasteiger partial charge in [0.1, 0.15) is 13.2 Å². The van der Waals surface area contributed by atoms with Crippen molar-refractivity contribution >= 4 is 17.8 Å². The highest BCUT2D eigenvalue weighted by atomic mass is 16.5. The molecule has 0 radical (unpaired) electrons. The van der Waals surface area contributed by atoms with Gasteiger partial charge >= 0.3 is 5.97 Å². The summed E-state index contributed by atoms with van der Waals surface area (Å²) in [7, 11) is 0. The zero-order chi connectivity index (χ0) is 17.8. The maximum Gasteiger partial charge on any atom is 0.326 e. The standard InChI is InChI=1S/C19H14N2O4/c20-10-13-5-7-14(8-6-13)12-25-18(23)11-21-17(22)9-15-3-1-2-4-16(15)19(21)24/h1-8H,9,11-12H2. The Bertz CT molecular complexity index is 881. The van der Waals surface area contributed by atoms with Gasteiger partial charge in [0.2, 0.25) is 5.91 Å². The molecule has 0 spiro atoms. The van der Waals surface area contributed by atoms with Crippen molar-refractivity contribution in [2.75, 3.05) is 6.54 Å². The second kappa shape index (κ2) is 6.97. The number of nitriles is 1. The fraction of sp³-hybridized carbons (Fsp3) is 0.158. The third kappa shape index (κ3) is 3.56. The molecule has 0 unspecified atom stereocenters. The van der Waals surface area contributed by atoms with Crippen LogP contribution in [0.25, 0.3) is 0 Å². The number of rotatable bonds is 4. The highest BCUT2D eigenvalue weighted by Gasteiger charge is 2.32. The molecule has 0 aliphatic carbocycles. The smallest absolute Gasteiger partial charge is 0.326 e. The number of hydrogen-bond acceptors (Lipinski definition) is 5. The van der Waals surface area contributed by atoms with Crippen LogP contribution in [0, 0.1) is 11.3 Å². The van der Waals surface area contributed by atoms with E-state index in [2.05, 4.69) is 0 Å². The van der Waals surface area contributed by atoms with Gasteiger partial charge in [-0.3, -0.25) is 19.3 Å². The zero-order valence-corrected chi connectivity index (χ0v) is 13.3. The molecule has 0 N–H and O–H groups in total. The van der Waals surface area contributed by atoms with Gasteiger partial charge in [-0.05, 0) is 29.3 Å². The topological polar surface area (TPSA) is 87.5 Å². The number of esters is 1. The number of amides is 2. The lowest BCUT2D eigenvalue weighted by Crippen LogP contribution is -2.45. The Hall–Kier alpha value is -3.46. The van der Waals surface area contributed by atoms with Gasteiger partial charge < -0.3 is 4.74 Å². The van der Waals surface area contributed by atoms with E-state index < -0.39 is 24.3 Å². The van der Waals surface area contributed by atoms with Crippen molar-refractivity contribution in [1.29, 1.82) is 5.26 Å². The van der Waals surface area contributed by atoms with Gasteiger partial charge in [0, 0.05) is 5.56 Å². The summed E-state index contributed by atoms with van der Waals surface area (Å²) in [4.78, 5) is 37.4. The van der Waals surface area contributed by atoms with E-state index in [-0.39, 0.29) is 13.0 Å². The molecule has 25 heavy (non-hydrogen) atoms. The van der Waals surface area contributed by atoms with Crippen molar-refractivity contribution in [3.8, 4) is 6.07 Å². The minimum atomic E-state index is -0.662. The minimum absolute atomic E-state index is 0.0113. The fourth-order valence-corrected chi connectivity index (χ4v) is 2.57. The minimum Gasteiger partial charge on any atom is -0.459 e. The van der Waals surface area contributed by atoms with Crippen LogP contribution in [0.1, 0.15) is 27.0 Å². The maximum atomic E-state index is 12.4. The number of hydrogen-bond donors (Lipinski definition) is 0. The van der Waals surface area contributed by atoms with Crippen molar-refractivity contribution in [3.63, 3.8) is 0 Å². The Labute approximate surface area is 144 Å². The van der Waals surface area contributed by atoms with E-state index in [1.54, 1.807) is 48.5 Å². The fourth-order valence-electron chi connectivity index (χ4n) is 2.57. The Kier molecular flexibility index (Phi) is 4.57. The predicted octanol–water partition coefficient (Wildman–Crippen LogP) is 1.83. The Morgan fingerprint density at radius 3 is 2.56 bits per heavy atom. The molecule has 0 saturated heterocycles. The number of fused-ring (bicyclic) bond motifs is 1. The first-order valence-corrected chi connectivity index (χ1v) is 7.66. The van der Waals surface area contributed by atoms with Gasteiger partial charge in [0.25, 0.3) is 5.91 Å². The molecule has 1 aliphatic rings. The number of benzene rings is 2. The molecule has 0 aromatic heterocycles. The predicted molar refractivity (Wildman–Crippen MR) is 87.1 cm³/mol. The van der Waals surface area contributed by atoms with Gasteiger partial charge in [-0.2, -0.15) is 5.26 Å². The van der Waals surface area contributed by atoms with Crippen molar-refractivity contribution < 1.29 is 19.1 Å². The van der Waals surface area contributed by atoms with Gasteiger partial charge in [-0.1, -0.05) is 30.3 Å². The van der Waals surface area contributed by atoms with Crippen LogP contribution in [0.3, 0.4) is 0 Å². The van der Waals surface area contributed by atoms with Crippen molar-refractivity contribution in [2.45, 2.75) is 13.0 Å². The molecule has 0 fully saturated rings. The number of carbonyl (C=O) groups is 3. The lowest BCUT2D eigenvalue weighted by molar-refractivity contribution is -0.149. The molecule has 0 saturated carbocycles. The quantitative estimate of drug-likeness (QED) is 0.629. The molecule has 6 heteroatoms. The second-order valence-corrected chi connectivity index (χ2v) is 5.59. The third-order valence-corrected chi connectivity index (χ3v) is 3.91. The number of ether oxygens (including phenoxy) is 1. The first-order chi connectivity index (χ1) is 12.1. The third-order valence-electron chi connectivity index (χ3n) is 3.91. The van der Waals surface area contributed by atoms with Crippen LogP contribution in [0.2, 0.25) is 0 Å². The van der Waals surface area contributed by atoms with E-state index in [1.807, 2.05) is 6.07 Å². The zero-order valence-electron chi connectivity index (χ0n) is 13.3. The summed E-state index contributed by atoms with van der Waals surface area (Å²) < 4.78 is 5.12. The van der Waals surface area contributed by atoms with Gasteiger partial charge in [0.05, 0.1) is 18.1 Å². The van der Waals surface area contributed by atoms with E-state index >= 15 is 0 Å². The van der Waals surface area contributed by atoms with Gasteiger partial charge in [-0.25, -0.2) is 0 Å². The SMILES string of the molecule is N#Cc1ccc(COC(=O)CN2C(=O)Cc3ccccc3C2=O)cc1. The van der Waals surface area contributed by atoms with Gasteiger partial charge in [0.15, 0.2) is 0 Å². The Morgan fingerprint density at radius 1 is 1.12 bits per heavy atom. The van der Waals surface area contributed by atoms with Crippen LogP contribution in [0.4, 0.5) is 0 Å². The Balaban J connectivity index is 1.62. The summed E-state index contributed by atoms with van der Waals surface area (Å²) in [5, 5.41) is 8.74. The van der Waals surface area contributed by atoms with Crippen LogP contribution in [0.15, 0.2) is 48.5 Å². The molecule has 124 valence electrons.